The van der Waals surface area contributed by atoms with E-state index in [4.69, 9.17) is 5.73 Å². The van der Waals surface area contributed by atoms with Gasteiger partial charge < -0.3 is 11.1 Å². The van der Waals surface area contributed by atoms with Crippen molar-refractivity contribution in [2.24, 2.45) is 11.7 Å². The molecule has 1 saturated carbocycles. The molecule has 1 fully saturated rings. The molecule has 0 saturated heterocycles. The van der Waals surface area contributed by atoms with E-state index in [1.54, 1.807) is 6.92 Å². The van der Waals surface area contributed by atoms with Crippen LogP contribution in [0.1, 0.15) is 19.8 Å². The Morgan fingerprint density at radius 2 is 2.29 bits per heavy atom. The fourth-order valence-electron chi connectivity index (χ4n) is 1.01. The summed E-state index contributed by atoms with van der Waals surface area (Å²) in [5, 5.41) is 2.69. The lowest BCUT2D eigenvalue weighted by molar-refractivity contribution is -0.118. The lowest BCUT2D eigenvalue weighted by Crippen LogP contribution is -2.34. The van der Waals surface area contributed by atoms with Gasteiger partial charge in [0.2, 0.25) is 5.91 Å². The van der Waals surface area contributed by atoms with Crippen LogP contribution >= 0.6 is 0 Å². The summed E-state index contributed by atoms with van der Waals surface area (Å²) in [5.74, 6) is 0.639. The van der Waals surface area contributed by atoms with Crippen LogP contribution in [0.15, 0.2) is 0 Å². The smallest absolute Gasteiger partial charge is 0.232 e. The molecule has 3 N–H and O–H groups in total. The zero-order valence-electron chi connectivity index (χ0n) is 8.49. The third kappa shape index (κ3) is 4.19. The molecule has 0 radical (unpaired) electrons. The highest BCUT2D eigenvalue weighted by atomic mass is 32.2. The molecule has 1 amide bonds. The predicted octanol–water partition coefficient (Wildman–Crippen LogP) is -0.391. The second kappa shape index (κ2) is 5.46. The zero-order valence-corrected chi connectivity index (χ0v) is 9.31. The Kier molecular flexibility index (Phi) is 4.54. The molecule has 5 heteroatoms. The molecule has 4 nitrogen and oxygen atoms in total. The Morgan fingerprint density at radius 3 is 2.79 bits per heavy atom. The lowest BCUT2D eigenvalue weighted by atomic mass is 10.4. The van der Waals surface area contributed by atoms with Gasteiger partial charge in [0.15, 0.2) is 0 Å². The van der Waals surface area contributed by atoms with E-state index in [0.29, 0.717) is 12.5 Å². The Morgan fingerprint density at radius 1 is 1.64 bits per heavy atom. The van der Waals surface area contributed by atoms with Crippen LogP contribution in [0.4, 0.5) is 0 Å². The number of nitrogens with two attached hydrogens (primary N) is 1. The van der Waals surface area contributed by atoms with Gasteiger partial charge >= 0.3 is 0 Å². The molecule has 1 aliphatic carbocycles. The van der Waals surface area contributed by atoms with Crippen molar-refractivity contribution < 1.29 is 9.00 Å². The van der Waals surface area contributed by atoms with Crippen LogP contribution in [0.25, 0.3) is 0 Å². The van der Waals surface area contributed by atoms with E-state index in [9.17, 15) is 9.00 Å². The molecule has 1 rings (SSSR count). The normalized spacial score (nSPS) is 20.1. The molecule has 14 heavy (non-hydrogen) atoms. The van der Waals surface area contributed by atoms with E-state index in [-0.39, 0.29) is 16.9 Å². The van der Waals surface area contributed by atoms with Gasteiger partial charge in [0.05, 0.1) is 0 Å². The van der Waals surface area contributed by atoms with E-state index in [2.05, 4.69) is 5.32 Å². The minimum absolute atomic E-state index is 0.0884. The van der Waals surface area contributed by atoms with Gasteiger partial charge in [-0.25, -0.2) is 0 Å². The molecule has 0 heterocycles. The second-order valence-corrected chi connectivity index (χ2v) is 5.67. The topological polar surface area (TPSA) is 72.2 Å². The summed E-state index contributed by atoms with van der Waals surface area (Å²) in [6.07, 6.45) is 2.42. The first-order valence-corrected chi connectivity index (χ1v) is 6.35. The van der Waals surface area contributed by atoms with E-state index in [1.165, 1.54) is 12.8 Å². The summed E-state index contributed by atoms with van der Waals surface area (Å²) in [4.78, 5) is 11.3. The minimum Gasteiger partial charge on any atom is -0.355 e. The minimum atomic E-state index is -1.13. The Hall–Kier alpha value is -0.420. The van der Waals surface area contributed by atoms with Crippen molar-refractivity contribution in [1.29, 1.82) is 0 Å². The summed E-state index contributed by atoms with van der Waals surface area (Å²) in [7, 11) is -1.13. The molecule has 0 aromatic carbocycles. The molecule has 0 bridgehead atoms. The molecule has 0 aromatic rings. The highest BCUT2D eigenvalue weighted by molar-refractivity contribution is 7.86. The molecule has 0 aromatic heterocycles. The van der Waals surface area contributed by atoms with Crippen molar-refractivity contribution >= 4 is 16.7 Å². The monoisotopic (exact) mass is 218 g/mol. The van der Waals surface area contributed by atoms with Crippen molar-refractivity contribution in [1.82, 2.24) is 5.32 Å². The van der Waals surface area contributed by atoms with Crippen LogP contribution in [0, 0.1) is 5.92 Å². The van der Waals surface area contributed by atoms with Gasteiger partial charge in [-0.05, 0) is 25.7 Å². The van der Waals surface area contributed by atoms with Gasteiger partial charge in [-0.2, -0.15) is 0 Å². The Bertz CT molecular complexity index is 229. The maximum atomic E-state index is 11.4. The van der Waals surface area contributed by atoms with Gasteiger partial charge in [-0.1, -0.05) is 0 Å². The SMILES string of the molecule is CC(CN)S(=O)CC(=O)NCC1CC1. The average Bonchev–Trinajstić information content (AvgIpc) is 2.96. The van der Waals surface area contributed by atoms with E-state index < -0.39 is 10.8 Å². The zero-order chi connectivity index (χ0) is 10.6. The summed E-state index contributed by atoms with van der Waals surface area (Å²) in [6, 6.07) is 0. The van der Waals surface area contributed by atoms with Crippen LogP contribution in [-0.2, 0) is 15.6 Å². The molecule has 2 atom stereocenters. The number of carbonyl (C=O) groups is 1. The summed E-state index contributed by atoms with van der Waals surface area (Å²) in [5.41, 5.74) is 5.36. The first-order chi connectivity index (χ1) is 6.63. The van der Waals surface area contributed by atoms with Gasteiger partial charge in [0, 0.05) is 29.1 Å². The maximum absolute atomic E-state index is 11.4. The summed E-state index contributed by atoms with van der Waals surface area (Å²) < 4.78 is 11.4. The van der Waals surface area contributed by atoms with Crippen LogP contribution in [-0.4, -0.2) is 34.2 Å². The number of amides is 1. The van der Waals surface area contributed by atoms with Crippen LogP contribution < -0.4 is 11.1 Å². The number of rotatable bonds is 6. The molecule has 1 aliphatic rings. The van der Waals surface area contributed by atoms with Crippen molar-refractivity contribution in [3.8, 4) is 0 Å². The first kappa shape index (κ1) is 11.7. The van der Waals surface area contributed by atoms with Gasteiger partial charge in [-0.15, -0.1) is 0 Å². The second-order valence-electron chi connectivity index (χ2n) is 3.82. The Labute approximate surface area is 87.1 Å². The van der Waals surface area contributed by atoms with Crippen molar-refractivity contribution in [2.75, 3.05) is 18.8 Å². The first-order valence-electron chi connectivity index (χ1n) is 4.97. The maximum Gasteiger partial charge on any atom is 0.232 e. The highest BCUT2D eigenvalue weighted by Crippen LogP contribution is 2.27. The average molecular weight is 218 g/mol. The molecular weight excluding hydrogens is 200 g/mol. The van der Waals surface area contributed by atoms with Crippen molar-refractivity contribution in [3.05, 3.63) is 0 Å². The standard InChI is InChI=1S/C9H18N2O2S/c1-7(4-10)14(13)6-9(12)11-5-8-2-3-8/h7-8H,2-6,10H2,1H3,(H,11,12). The quantitative estimate of drug-likeness (QED) is 0.637. The van der Waals surface area contributed by atoms with Gasteiger partial charge in [0.1, 0.15) is 5.75 Å². The molecular formula is C9H18N2O2S. The fourth-order valence-corrected chi connectivity index (χ4v) is 1.87. The largest absolute Gasteiger partial charge is 0.355 e. The number of hydrogen-bond acceptors (Lipinski definition) is 3. The van der Waals surface area contributed by atoms with E-state index in [1.807, 2.05) is 0 Å². The van der Waals surface area contributed by atoms with E-state index in [0.717, 1.165) is 6.54 Å². The van der Waals surface area contributed by atoms with Crippen molar-refractivity contribution in [3.63, 3.8) is 0 Å². The molecule has 82 valence electrons. The fraction of sp³-hybridized carbons (Fsp3) is 0.889. The summed E-state index contributed by atoms with van der Waals surface area (Å²) in [6.45, 7) is 2.90. The van der Waals surface area contributed by atoms with Gasteiger partial charge in [-0.3, -0.25) is 9.00 Å². The number of hydrogen-bond donors (Lipinski definition) is 2. The Balaban J connectivity index is 2.14. The lowest BCUT2D eigenvalue weighted by Gasteiger charge is -2.08. The predicted molar refractivity (Wildman–Crippen MR) is 57.3 cm³/mol. The molecule has 0 spiro atoms. The molecule has 2 unspecified atom stereocenters. The number of carbonyl (C=O) groups excluding carboxylic acids is 1. The highest BCUT2D eigenvalue weighted by Gasteiger charge is 2.22. The van der Waals surface area contributed by atoms with Crippen LogP contribution in [0.2, 0.25) is 0 Å². The van der Waals surface area contributed by atoms with Crippen molar-refractivity contribution in [2.45, 2.75) is 25.0 Å². The third-order valence-electron chi connectivity index (χ3n) is 2.34. The van der Waals surface area contributed by atoms with E-state index >= 15 is 0 Å². The number of nitrogens with one attached hydrogen (secondary N) is 1. The van der Waals surface area contributed by atoms with Crippen LogP contribution in [0.3, 0.4) is 0 Å². The van der Waals surface area contributed by atoms with Crippen LogP contribution in [0.5, 0.6) is 0 Å². The van der Waals surface area contributed by atoms with Gasteiger partial charge in [0.25, 0.3) is 0 Å². The molecule has 0 aliphatic heterocycles. The summed E-state index contributed by atoms with van der Waals surface area (Å²) >= 11 is 0. The third-order valence-corrected chi connectivity index (χ3v) is 3.98.